The molecule has 0 atom stereocenters. The molecule has 19 heavy (non-hydrogen) atoms. The summed E-state index contributed by atoms with van der Waals surface area (Å²) in [6.45, 7) is 5.39. The van der Waals surface area contributed by atoms with Crippen molar-refractivity contribution in [1.29, 1.82) is 0 Å². The molecule has 3 nitrogen and oxygen atoms in total. The first-order chi connectivity index (χ1) is 9.15. The topological polar surface area (TPSA) is 50.9 Å². The Balaban J connectivity index is 2.35. The van der Waals surface area contributed by atoms with E-state index in [2.05, 4.69) is 46.1 Å². The van der Waals surface area contributed by atoms with Gasteiger partial charge in [0.15, 0.2) is 0 Å². The fraction of sp³-hybridized carbons (Fsp3) is 0.400. The van der Waals surface area contributed by atoms with Gasteiger partial charge in [-0.3, -0.25) is 4.98 Å². The second-order valence-electron chi connectivity index (χ2n) is 4.81. The van der Waals surface area contributed by atoms with Gasteiger partial charge in [-0.25, -0.2) is 0 Å². The Morgan fingerprint density at radius 2 is 2.05 bits per heavy atom. The number of nitrogens with two attached hydrogens (primary N) is 1. The van der Waals surface area contributed by atoms with Crippen molar-refractivity contribution >= 4 is 38.2 Å². The van der Waals surface area contributed by atoms with Crippen molar-refractivity contribution in [3.05, 3.63) is 28.9 Å². The molecule has 0 aliphatic heterocycles. The molecule has 102 valence electrons. The maximum atomic E-state index is 6.07. The van der Waals surface area contributed by atoms with Crippen LogP contribution in [-0.2, 0) is 0 Å². The van der Waals surface area contributed by atoms with Gasteiger partial charge in [0.2, 0.25) is 0 Å². The molecule has 0 saturated heterocycles. The average Bonchev–Trinajstić information content (AvgIpc) is 2.42. The highest BCUT2D eigenvalue weighted by atomic mass is 79.9. The van der Waals surface area contributed by atoms with E-state index in [1.165, 1.54) is 12.8 Å². The van der Waals surface area contributed by atoms with Crippen LogP contribution in [0.25, 0.3) is 10.9 Å². The number of halogens is 1. The highest BCUT2D eigenvalue weighted by molar-refractivity contribution is 9.10. The predicted octanol–water partition coefficient (Wildman–Crippen LogP) is 4.43. The van der Waals surface area contributed by atoms with Gasteiger partial charge in [-0.1, -0.05) is 42.6 Å². The van der Waals surface area contributed by atoms with Gasteiger partial charge in [-0.05, 0) is 24.1 Å². The minimum atomic E-state index is 0.676. The summed E-state index contributed by atoms with van der Waals surface area (Å²) in [4.78, 5) is 4.36. The highest BCUT2D eigenvalue weighted by Crippen LogP contribution is 2.30. The number of nitrogens with zero attached hydrogens (tertiary/aromatic N) is 1. The van der Waals surface area contributed by atoms with Gasteiger partial charge >= 0.3 is 0 Å². The van der Waals surface area contributed by atoms with Gasteiger partial charge in [-0.2, -0.15) is 0 Å². The molecular weight excluding hydrogens is 302 g/mol. The van der Waals surface area contributed by atoms with E-state index in [4.69, 9.17) is 5.73 Å². The SMILES string of the molecule is CCC(CC)CNc1c(N)cnc2ccc(Br)cc12. The Hall–Kier alpha value is -1.29. The molecule has 0 spiro atoms. The third-order valence-corrected chi connectivity index (χ3v) is 4.07. The quantitative estimate of drug-likeness (QED) is 0.856. The van der Waals surface area contributed by atoms with Gasteiger partial charge in [0.25, 0.3) is 0 Å². The fourth-order valence-corrected chi connectivity index (χ4v) is 2.56. The van der Waals surface area contributed by atoms with Crippen LogP contribution in [0.15, 0.2) is 28.9 Å². The van der Waals surface area contributed by atoms with Crippen LogP contribution in [-0.4, -0.2) is 11.5 Å². The number of rotatable bonds is 5. The maximum Gasteiger partial charge on any atom is 0.0743 e. The summed E-state index contributed by atoms with van der Waals surface area (Å²) in [7, 11) is 0. The Bertz CT molecular complexity index is 559. The van der Waals surface area contributed by atoms with E-state index in [-0.39, 0.29) is 0 Å². The molecule has 0 radical (unpaired) electrons. The number of benzene rings is 1. The standard InChI is InChI=1S/C15H20BrN3/c1-3-10(4-2)8-19-15-12-7-11(16)5-6-14(12)18-9-13(15)17/h5-7,9-10H,3-4,8,17H2,1-2H3,(H,18,19). The van der Waals surface area contributed by atoms with Gasteiger partial charge in [0.1, 0.15) is 0 Å². The maximum absolute atomic E-state index is 6.07. The lowest BCUT2D eigenvalue weighted by atomic mass is 10.0. The van der Waals surface area contributed by atoms with Crippen LogP contribution < -0.4 is 11.1 Å². The number of nitrogen functional groups attached to an aromatic ring is 1. The molecule has 0 bridgehead atoms. The van der Waals surface area contributed by atoms with Crippen molar-refractivity contribution in [1.82, 2.24) is 4.98 Å². The summed E-state index contributed by atoms with van der Waals surface area (Å²) in [5, 5.41) is 4.57. The van der Waals surface area contributed by atoms with Crippen molar-refractivity contribution < 1.29 is 0 Å². The van der Waals surface area contributed by atoms with Crippen molar-refractivity contribution in [3.8, 4) is 0 Å². The van der Waals surface area contributed by atoms with E-state index in [0.717, 1.165) is 27.6 Å². The van der Waals surface area contributed by atoms with Gasteiger partial charge < -0.3 is 11.1 Å². The van der Waals surface area contributed by atoms with Crippen molar-refractivity contribution in [3.63, 3.8) is 0 Å². The monoisotopic (exact) mass is 321 g/mol. The number of hydrogen-bond donors (Lipinski definition) is 2. The molecule has 2 aromatic rings. The summed E-state index contributed by atoms with van der Waals surface area (Å²) < 4.78 is 1.04. The predicted molar refractivity (Wildman–Crippen MR) is 86.4 cm³/mol. The minimum absolute atomic E-state index is 0.676. The van der Waals surface area contributed by atoms with Gasteiger partial charge in [0.05, 0.1) is 23.1 Å². The molecule has 0 aliphatic carbocycles. The zero-order chi connectivity index (χ0) is 13.8. The first-order valence-electron chi connectivity index (χ1n) is 6.73. The molecule has 0 amide bonds. The molecule has 4 heteroatoms. The number of anilines is 2. The molecule has 1 aromatic carbocycles. The molecular formula is C15H20BrN3. The summed E-state index contributed by atoms with van der Waals surface area (Å²) in [5.74, 6) is 0.676. The van der Waals surface area contributed by atoms with Crippen LogP contribution in [0.4, 0.5) is 11.4 Å². The first kappa shape index (κ1) is 14.1. The van der Waals surface area contributed by atoms with Crippen LogP contribution in [0.5, 0.6) is 0 Å². The second kappa shape index (κ2) is 6.24. The van der Waals surface area contributed by atoms with Crippen molar-refractivity contribution in [2.75, 3.05) is 17.6 Å². The summed E-state index contributed by atoms with van der Waals surface area (Å²) in [5.41, 5.74) is 8.73. The molecule has 0 fully saturated rings. The third kappa shape index (κ3) is 3.18. The Kier molecular flexibility index (Phi) is 4.64. The Morgan fingerprint density at radius 1 is 1.32 bits per heavy atom. The Morgan fingerprint density at radius 3 is 2.74 bits per heavy atom. The smallest absolute Gasteiger partial charge is 0.0743 e. The number of pyridine rings is 1. The lowest BCUT2D eigenvalue weighted by Gasteiger charge is -2.17. The van der Waals surface area contributed by atoms with Crippen LogP contribution in [0.1, 0.15) is 26.7 Å². The number of fused-ring (bicyclic) bond motifs is 1. The zero-order valence-corrected chi connectivity index (χ0v) is 13.0. The summed E-state index contributed by atoms with van der Waals surface area (Å²) in [6.07, 6.45) is 4.08. The zero-order valence-electron chi connectivity index (χ0n) is 11.4. The fourth-order valence-electron chi connectivity index (χ4n) is 2.20. The molecule has 0 aliphatic rings. The number of hydrogen-bond acceptors (Lipinski definition) is 3. The molecule has 0 saturated carbocycles. The second-order valence-corrected chi connectivity index (χ2v) is 5.73. The lowest BCUT2D eigenvalue weighted by Crippen LogP contribution is -2.14. The normalized spacial score (nSPS) is 11.2. The summed E-state index contributed by atoms with van der Waals surface area (Å²) >= 11 is 3.50. The van der Waals surface area contributed by atoms with Crippen molar-refractivity contribution in [2.24, 2.45) is 5.92 Å². The number of aromatic nitrogens is 1. The van der Waals surface area contributed by atoms with Crippen LogP contribution >= 0.6 is 15.9 Å². The van der Waals surface area contributed by atoms with E-state index < -0.39 is 0 Å². The highest BCUT2D eigenvalue weighted by Gasteiger charge is 2.09. The third-order valence-electron chi connectivity index (χ3n) is 3.58. The largest absolute Gasteiger partial charge is 0.396 e. The summed E-state index contributed by atoms with van der Waals surface area (Å²) in [6, 6.07) is 6.06. The lowest BCUT2D eigenvalue weighted by molar-refractivity contribution is 0.519. The average molecular weight is 322 g/mol. The molecule has 1 heterocycles. The molecule has 0 unspecified atom stereocenters. The van der Waals surface area contributed by atoms with Crippen LogP contribution in [0, 0.1) is 5.92 Å². The van der Waals surface area contributed by atoms with E-state index in [1.54, 1.807) is 6.20 Å². The molecule has 1 aromatic heterocycles. The molecule has 3 N–H and O–H groups in total. The van der Waals surface area contributed by atoms with E-state index in [0.29, 0.717) is 11.6 Å². The molecule has 2 rings (SSSR count). The first-order valence-corrected chi connectivity index (χ1v) is 7.52. The van der Waals surface area contributed by atoms with E-state index >= 15 is 0 Å². The van der Waals surface area contributed by atoms with E-state index in [1.807, 2.05) is 12.1 Å². The van der Waals surface area contributed by atoms with Crippen molar-refractivity contribution in [2.45, 2.75) is 26.7 Å². The Labute approximate surface area is 122 Å². The van der Waals surface area contributed by atoms with Crippen LogP contribution in [0.2, 0.25) is 0 Å². The minimum Gasteiger partial charge on any atom is -0.396 e. The number of nitrogens with one attached hydrogen (secondary N) is 1. The van der Waals surface area contributed by atoms with Crippen LogP contribution in [0.3, 0.4) is 0 Å². The van der Waals surface area contributed by atoms with E-state index in [9.17, 15) is 0 Å². The van der Waals surface area contributed by atoms with Gasteiger partial charge in [-0.15, -0.1) is 0 Å². The van der Waals surface area contributed by atoms with Gasteiger partial charge in [0, 0.05) is 16.4 Å².